The first kappa shape index (κ1) is 17.0. The van der Waals surface area contributed by atoms with Gasteiger partial charge in [-0.1, -0.05) is 20.8 Å². The van der Waals surface area contributed by atoms with Crippen molar-refractivity contribution >= 4 is 0 Å². The maximum Gasteiger partial charge on any atom is 0.0622 e. The predicted molar refractivity (Wildman–Crippen MR) is 83.5 cm³/mol. The van der Waals surface area contributed by atoms with E-state index in [9.17, 15) is 0 Å². The third kappa shape index (κ3) is 5.43. The molecule has 0 aromatic carbocycles. The zero-order chi connectivity index (χ0) is 14.5. The van der Waals surface area contributed by atoms with Gasteiger partial charge in [-0.2, -0.15) is 0 Å². The number of methoxy groups -OCH3 is 1. The van der Waals surface area contributed by atoms with E-state index >= 15 is 0 Å². The maximum atomic E-state index is 5.58. The molecule has 1 fully saturated rings. The van der Waals surface area contributed by atoms with Crippen LogP contribution in [0.15, 0.2) is 0 Å². The van der Waals surface area contributed by atoms with E-state index in [1.807, 2.05) is 7.11 Å². The van der Waals surface area contributed by atoms with Gasteiger partial charge in [0.1, 0.15) is 0 Å². The summed E-state index contributed by atoms with van der Waals surface area (Å²) in [5, 5.41) is 3.71. The highest BCUT2D eigenvalue weighted by atomic mass is 16.5. The summed E-state index contributed by atoms with van der Waals surface area (Å²) in [6.45, 7) is 12.5. The minimum Gasteiger partial charge on any atom is -0.379 e. The lowest BCUT2D eigenvalue weighted by Crippen LogP contribution is -2.42. The summed E-state index contributed by atoms with van der Waals surface area (Å²) in [5.41, 5.74) is 0.0293. The maximum absolute atomic E-state index is 5.58. The number of hydrogen-bond acceptors (Lipinski definition) is 2. The fraction of sp³-hybridized carbons (Fsp3) is 1.00. The Labute approximate surface area is 120 Å². The fourth-order valence-electron chi connectivity index (χ4n) is 3.39. The van der Waals surface area contributed by atoms with Crippen LogP contribution >= 0.6 is 0 Å². The van der Waals surface area contributed by atoms with Crippen LogP contribution in [-0.4, -0.2) is 25.3 Å². The van der Waals surface area contributed by atoms with Crippen LogP contribution in [0.25, 0.3) is 0 Å². The van der Waals surface area contributed by atoms with E-state index < -0.39 is 0 Å². The molecular weight excluding hydrogens is 234 g/mol. The van der Waals surface area contributed by atoms with E-state index in [0.29, 0.717) is 0 Å². The van der Waals surface area contributed by atoms with Gasteiger partial charge in [0.05, 0.1) is 5.60 Å². The molecule has 3 atom stereocenters. The van der Waals surface area contributed by atoms with Crippen LogP contribution in [0, 0.1) is 17.8 Å². The average Bonchev–Trinajstić information content (AvgIpc) is 2.37. The first-order valence-electron chi connectivity index (χ1n) is 8.18. The molecule has 1 N–H and O–H groups in total. The Hall–Kier alpha value is -0.0800. The van der Waals surface area contributed by atoms with Gasteiger partial charge in [0, 0.05) is 13.2 Å². The molecular formula is C17H35NO. The van der Waals surface area contributed by atoms with Gasteiger partial charge in [-0.15, -0.1) is 0 Å². The van der Waals surface area contributed by atoms with E-state index in [-0.39, 0.29) is 5.60 Å². The van der Waals surface area contributed by atoms with Gasteiger partial charge >= 0.3 is 0 Å². The average molecular weight is 269 g/mol. The summed E-state index contributed by atoms with van der Waals surface area (Å²) in [6.07, 6.45) is 6.62. The van der Waals surface area contributed by atoms with Crippen molar-refractivity contribution in [2.45, 2.75) is 78.4 Å². The molecule has 0 spiro atoms. The van der Waals surface area contributed by atoms with Crippen molar-refractivity contribution in [1.82, 2.24) is 5.32 Å². The molecule has 0 aromatic heterocycles. The summed E-state index contributed by atoms with van der Waals surface area (Å²) in [4.78, 5) is 0. The molecule has 0 aromatic rings. The lowest BCUT2D eigenvalue weighted by Gasteiger charge is -2.39. The van der Waals surface area contributed by atoms with Crippen molar-refractivity contribution in [2.75, 3.05) is 13.7 Å². The highest BCUT2D eigenvalue weighted by Gasteiger charge is 2.32. The molecule has 0 radical (unpaired) electrons. The Balaban J connectivity index is 2.56. The minimum absolute atomic E-state index is 0.0293. The molecule has 0 bridgehead atoms. The number of ether oxygens (including phenoxy) is 1. The highest BCUT2D eigenvalue weighted by Crippen LogP contribution is 2.37. The summed E-state index contributed by atoms with van der Waals surface area (Å²) in [7, 11) is 1.83. The molecule has 1 aliphatic rings. The van der Waals surface area contributed by atoms with Crippen LogP contribution in [0.3, 0.4) is 0 Å². The molecule has 1 rings (SSSR count). The molecule has 0 aliphatic heterocycles. The molecule has 3 unspecified atom stereocenters. The van der Waals surface area contributed by atoms with Crippen molar-refractivity contribution in [3.05, 3.63) is 0 Å². The first-order valence-corrected chi connectivity index (χ1v) is 8.18. The molecule has 0 saturated heterocycles. The van der Waals surface area contributed by atoms with E-state index in [4.69, 9.17) is 4.74 Å². The zero-order valence-corrected chi connectivity index (χ0v) is 14.0. The van der Waals surface area contributed by atoms with Crippen LogP contribution < -0.4 is 5.32 Å². The lowest BCUT2D eigenvalue weighted by molar-refractivity contribution is 0.00554. The topological polar surface area (TPSA) is 21.3 Å². The second kappa shape index (κ2) is 7.64. The van der Waals surface area contributed by atoms with Crippen LogP contribution in [0.2, 0.25) is 0 Å². The Morgan fingerprint density at radius 1 is 1.26 bits per heavy atom. The molecule has 0 amide bonds. The summed E-state index contributed by atoms with van der Waals surface area (Å²) < 4.78 is 5.58. The van der Waals surface area contributed by atoms with E-state index in [1.165, 1.54) is 32.1 Å². The van der Waals surface area contributed by atoms with Crippen molar-refractivity contribution in [3.63, 3.8) is 0 Å². The molecule has 114 valence electrons. The van der Waals surface area contributed by atoms with Gasteiger partial charge < -0.3 is 10.1 Å². The fourth-order valence-corrected chi connectivity index (χ4v) is 3.39. The molecule has 0 heterocycles. The van der Waals surface area contributed by atoms with Gasteiger partial charge in [0.2, 0.25) is 0 Å². The Morgan fingerprint density at radius 2 is 1.95 bits per heavy atom. The van der Waals surface area contributed by atoms with Crippen LogP contribution in [-0.2, 0) is 4.74 Å². The monoisotopic (exact) mass is 269 g/mol. The zero-order valence-electron chi connectivity index (χ0n) is 14.0. The second-order valence-electron chi connectivity index (χ2n) is 7.24. The van der Waals surface area contributed by atoms with Gasteiger partial charge in [-0.05, 0) is 70.3 Å². The van der Waals surface area contributed by atoms with E-state index in [2.05, 4.69) is 39.9 Å². The Bertz CT molecular complexity index is 250. The quantitative estimate of drug-likeness (QED) is 0.746. The van der Waals surface area contributed by atoms with Crippen LogP contribution in [0.4, 0.5) is 0 Å². The van der Waals surface area contributed by atoms with Crippen molar-refractivity contribution in [3.8, 4) is 0 Å². The van der Waals surface area contributed by atoms with E-state index in [0.717, 1.165) is 30.3 Å². The predicted octanol–water partition coefficient (Wildman–Crippen LogP) is 4.24. The minimum atomic E-state index is 0.0293. The largest absolute Gasteiger partial charge is 0.379 e. The van der Waals surface area contributed by atoms with Crippen LogP contribution in [0.5, 0.6) is 0 Å². The summed E-state index contributed by atoms with van der Waals surface area (Å²) in [5.74, 6) is 2.58. The number of rotatable bonds is 7. The Morgan fingerprint density at radius 3 is 2.47 bits per heavy atom. The van der Waals surface area contributed by atoms with Crippen molar-refractivity contribution in [1.29, 1.82) is 0 Å². The molecule has 19 heavy (non-hydrogen) atoms. The second-order valence-corrected chi connectivity index (χ2v) is 7.24. The van der Waals surface area contributed by atoms with Gasteiger partial charge in [0.15, 0.2) is 0 Å². The van der Waals surface area contributed by atoms with Gasteiger partial charge in [0.25, 0.3) is 0 Å². The summed E-state index contributed by atoms with van der Waals surface area (Å²) in [6, 6.07) is 0.729. The highest BCUT2D eigenvalue weighted by molar-refractivity contribution is 4.87. The van der Waals surface area contributed by atoms with Gasteiger partial charge in [-0.25, -0.2) is 0 Å². The number of nitrogens with one attached hydrogen (secondary N) is 1. The lowest BCUT2D eigenvalue weighted by atomic mass is 9.71. The molecule has 1 saturated carbocycles. The van der Waals surface area contributed by atoms with Crippen molar-refractivity contribution in [2.24, 2.45) is 17.8 Å². The van der Waals surface area contributed by atoms with E-state index in [1.54, 1.807) is 0 Å². The molecule has 2 nitrogen and oxygen atoms in total. The van der Waals surface area contributed by atoms with Gasteiger partial charge in [-0.3, -0.25) is 0 Å². The Kier molecular flexibility index (Phi) is 6.82. The molecule has 2 heteroatoms. The normalized spacial score (nSPS) is 28.9. The molecule has 1 aliphatic carbocycles. The smallest absolute Gasteiger partial charge is 0.0622 e. The standard InChI is InChI=1S/C17H35NO/c1-7-18-16-9-8-14(13(2)3)12-15(16)10-11-17(4,5)19-6/h13-16,18H,7-12H2,1-6H3. The third-order valence-corrected chi connectivity index (χ3v) is 5.10. The summed E-state index contributed by atoms with van der Waals surface area (Å²) >= 11 is 0. The third-order valence-electron chi connectivity index (χ3n) is 5.10. The first-order chi connectivity index (χ1) is 8.89. The SMILES string of the molecule is CCNC1CCC(C(C)C)CC1CCC(C)(C)OC. The van der Waals surface area contributed by atoms with Crippen molar-refractivity contribution < 1.29 is 4.74 Å². The number of hydrogen-bond donors (Lipinski definition) is 1. The van der Waals surface area contributed by atoms with Crippen LogP contribution in [0.1, 0.15) is 66.7 Å².